The van der Waals surface area contributed by atoms with E-state index < -0.39 is 6.04 Å². The second kappa shape index (κ2) is 6.96. The third-order valence-electron chi connectivity index (χ3n) is 4.40. The van der Waals surface area contributed by atoms with Crippen LogP contribution in [0, 0.1) is 6.92 Å². The van der Waals surface area contributed by atoms with Crippen molar-refractivity contribution < 1.29 is 14.3 Å². The molecule has 0 N–H and O–H groups in total. The molecule has 1 aliphatic heterocycles. The van der Waals surface area contributed by atoms with Gasteiger partial charge in [0.2, 0.25) is 11.8 Å². The summed E-state index contributed by atoms with van der Waals surface area (Å²) in [6, 6.07) is 6.92. The summed E-state index contributed by atoms with van der Waals surface area (Å²) in [7, 11) is 1.60. The van der Waals surface area contributed by atoms with E-state index in [1.54, 1.807) is 34.7 Å². The molecule has 1 aromatic carbocycles. The number of hydrogen-bond acceptors (Lipinski definition) is 4. The van der Waals surface area contributed by atoms with Crippen LogP contribution in [0.15, 0.2) is 36.7 Å². The van der Waals surface area contributed by atoms with Crippen LogP contribution in [-0.4, -0.2) is 53.2 Å². The molecule has 0 spiro atoms. The lowest BCUT2D eigenvalue weighted by Crippen LogP contribution is -2.53. The van der Waals surface area contributed by atoms with Gasteiger partial charge in [0.15, 0.2) is 0 Å². The number of anilines is 1. The Hall–Kier alpha value is -2.83. The highest BCUT2D eigenvalue weighted by molar-refractivity contribution is 5.98. The molecule has 7 heteroatoms. The van der Waals surface area contributed by atoms with Gasteiger partial charge in [0, 0.05) is 25.0 Å². The first-order chi connectivity index (χ1) is 12.0. The zero-order valence-electron chi connectivity index (χ0n) is 14.7. The largest absolute Gasteiger partial charge is 0.497 e. The summed E-state index contributed by atoms with van der Waals surface area (Å²) in [5.41, 5.74) is 1.81. The first kappa shape index (κ1) is 17.0. The van der Waals surface area contributed by atoms with E-state index in [1.165, 1.54) is 0 Å². The van der Waals surface area contributed by atoms with Gasteiger partial charge in [-0.2, -0.15) is 5.10 Å². The van der Waals surface area contributed by atoms with Gasteiger partial charge in [-0.25, -0.2) is 0 Å². The fourth-order valence-electron chi connectivity index (χ4n) is 2.92. The number of aryl methyl sites for hydroxylation is 1. The maximum Gasteiger partial charge on any atom is 0.247 e. The Bertz CT molecular complexity index is 769. The second-order valence-corrected chi connectivity index (χ2v) is 6.18. The van der Waals surface area contributed by atoms with E-state index in [0.717, 1.165) is 17.0 Å². The van der Waals surface area contributed by atoms with Crippen molar-refractivity contribution in [3.8, 4) is 5.75 Å². The Morgan fingerprint density at radius 3 is 2.52 bits per heavy atom. The number of carbonyl (C=O) groups excluding carboxylic acids is 2. The second-order valence-electron chi connectivity index (χ2n) is 6.18. The van der Waals surface area contributed by atoms with Crippen molar-refractivity contribution in [1.82, 2.24) is 14.7 Å². The number of hydrogen-bond donors (Lipinski definition) is 0. The van der Waals surface area contributed by atoms with Gasteiger partial charge in [-0.05, 0) is 43.7 Å². The summed E-state index contributed by atoms with van der Waals surface area (Å²) in [5.74, 6) is 0.563. The van der Waals surface area contributed by atoms with Gasteiger partial charge in [-0.1, -0.05) is 0 Å². The van der Waals surface area contributed by atoms with E-state index in [0.29, 0.717) is 13.1 Å². The normalized spacial score (nSPS) is 16.0. The van der Waals surface area contributed by atoms with Gasteiger partial charge >= 0.3 is 0 Å². The quantitative estimate of drug-likeness (QED) is 0.847. The minimum Gasteiger partial charge on any atom is -0.497 e. The zero-order valence-corrected chi connectivity index (χ0v) is 14.7. The number of aromatic nitrogens is 2. The lowest BCUT2D eigenvalue weighted by molar-refractivity contribution is -0.139. The molecule has 0 aliphatic carbocycles. The number of piperazine rings is 1. The van der Waals surface area contributed by atoms with Gasteiger partial charge in [0.25, 0.3) is 0 Å². The van der Waals surface area contributed by atoms with Crippen LogP contribution in [0.25, 0.3) is 0 Å². The molecule has 0 saturated carbocycles. The molecule has 1 saturated heterocycles. The Labute approximate surface area is 146 Å². The maximum atomic E-state index is 12.7. The Morgan fingerprint density at radius 1 is 1.24 bits per heavy atom. The molecule has 2 aromatic rings. The molecule has 2 amide bonds. The first-order valence-electron chi connectivity index (χ1n) is 8.23. The highest BCUT2D eigenvalue weighted by Gasteiger charge is 2.31. The van der Waals surface area contributed by atoms with Crippen molar-refractivity contribution in [2.75, 3.05) is 31.6 Å². The minimum absolute atomic E-state index is 0.0788. The Kier molecular flexibility index (Phi) is 4.74. The van der Waals surface area contributed by atoms with Crippen LogP contribution in [0.5, 0.6) is 5.75 Å². The summed E-state index contributed by atoms with van der Waals surface area (Å²) >= 11 is 0. The number of amides is 2. The van der Waals surface area contributed by atoms with Gasteiger partial charge in [-0.15, -0.1) is 0 Å². The fraction of sp³-hybridized carbons (Fsp3) is 0.389. The maximum absolute atomic E-state index is 12.7. The van der Waals surface area contributed by atoms with Crippen LogP contribution in [0.3, 0.4) is 0 Å². The number of methoxy groups -OCH3 is 1. The zero-order chi connectivity index (χ0) is 18.0. The van der Waals surface area contributed by atoms with Crippen molar-refractivity contribution >= 4 is 17.5 Å². The van der Waals surface area contributed by atoms with Gasteiger partial charge in [0.05, 0.1) is 13.3 Å². The molecule has 3 rings (SSSR count). The number of rotatable bonds is 4. The molecule has 132 valence electrons. The predicted molar refractivity (Wildman–Crippen MR) is 93.6 cm³/mol. The molecular formula is C18H22N4O3. The third-order valence-corrected chi connectivity index (χ3v) is 4.40. The van der Waals surface area contributed by atoms with Crippen molar-refractivity contribution in [2.24, 2.45) is 0 Å². The van der Waals surface area contributed by atoms with E-state index in [9.17, 15) is 9.59 Å². The standard InChI is InChI=1S/C18H22N4O3/c1-13-10-19-22(11-13)14(2)18(24)20-8-9-21(17(23)12-20)15-4-6-16(25-3)7-5-15/h4-7,10-11,14H,8-9,12H2,1-3H3/t14-/m0/s1. The lowest BCUT2D eigenvalue weighted by atomic mass is 10.2. The summed E-state index contributed by atoms with van der Waals surface area (Å²) in [5, 5.41) is 4.19. The van der Waals surface area contributed by atoms with E-state index in [-0.39, 0.29) is 18.4 Å². The molecule has 1 aliphatic rings. The fourth-order valence-corrected chi connectivity index (χ4v) is 2.92. The van der Waals surface area contributed by atoms with Crippen molar-refractivity contribution in [2.45, 2.75) is 19.9 Å². The molecule has 25 heavy (non-hydrogen) atoms. The van der Waals surface area contributed by atoms with Crippen LogP contribution in [0.2, 0.25) is 0 Å². The summed E-state index contributed by atoms with van der Waals surface area (Å²) in [6.45, 7) is 4.78. The summed E-state index contributed by atoms with van der Waals surface area (Å²) in [4.78, 5) is 28.5. The number of nitrogens with zero attached hydrogens (tertiary/aromatic N) is 4. The lowest BCUT2D eigenvalue weighted by Gasteiger charge is -2.35. The van der Waals surface area contributed by atoms with Gasteiger partial charge in [0.1, 0.15) is 18.3 Å². The number of benzene rings is 1. The van der Waals surface area contributed by atoms with Gasteiger partial charge < -0.3 is 14.5 Å². The van der Waals surface area contributed by atoms with Crippen LogP contribution in [0.4, 0.5) is 5.69 Å². The topological polar surface area (TPSA) is 67.7 Å². The van der Waals surface area contributed by atoms with Crippen LogP contribution in [-0.2, 0) is 9.59 Å². The van der Waals surface area contributed by atoms with E-state index in [4.69, 9.17) is 4.74 Å². The minimum atomic E-state index is -0.422. The monoisotopic (exact) mass is 342 g/mol. The highest BCUT2D eigenvalue weighted by atomic mass is 16.5. The molecule has 2 heterocycles. The molecule has 1 atom stereocenters. The average Bonchev–Trinajstić information content (AvgIpc) is 3.07. The predicted octanol–water partition coefficient (Wildman–Crippen LogP) is 1.64. The molecule has 7 nitrogen and oxygen atoms in total. The van der Waals surface area contributed by atoms with E-state index >= 15 is 0 Å². The molecule has 0 radical (unpaired) electrons. The first-order valence-corrected chi connectivity index (χ1v) is 8.23. The molecular weight excluding hydrogens is 320 g/mol. The molecule has 1 fully saturated rings. The number of carbonyl (C=O) groups is 2. The van der Waals surface area contributed by atoms with Crippen LogP contribution in [0.1, 0.15) is 18.5 Å². The molecule has 0 unspecified atom stereocenters. The van der Waals surface area contributed by atoms with Crippen LogP contribution >= 0.6 is 0 Å². The SMILES string of the molecule is COc1ccc(N2CCN(C(=O)[C@H](C)n3cc(C)cn3)CC2=O)cc1. The van der Waals surface area contributed by atoms with Gasteiger partial charge in [-0.3, -0.25) is 14.3 Å². The average molecular weight is 342 g/mol. The smallest absolute Gasteiger partial charge is 0.247 e. The summed E-state index contributed by atoms with van der Waals surface area (Å²) < 4.78 is 6.77. The van der Waals surface area contributed by atoms with Crippen molar-refractivity contribution in [3.63, 3.8) is 0 Å². The van der Waals surface area contributed by atoms with Crippen molar-refractivity contribution in [1.29, 1.82) is 0 Å². The highest BCUT2D eigenvalue weighted by Crippen LogP contribution is 2.22. The third kappa shape index (κ3) is 3.50. The Balaban J connectivity index is 1.66. The number of ether oxygens (including phenoxy) is 1. The van der Waals surface area contributed by atoms with E-state index in [1.807, 2.05) is 37.4 Å². The summed E-state index contributed by atoms with van der Waals surface area (Å²) in [6.07, 6.45) is 3.55. The molecule has 0 bridgehead atoms. The molecule has 1 aromatic heterocycles. The van der Waals surface area contributed by atoms with Crippen LogP contribution < -0.4 is 9.64 Å². The van der Waals surface area contributed by atoms with E-state index in [2.05, 4.69) is 5.10 Å². The van der Waals surface area contributed by atoms with Crippen molar-refractivity contribution in [3.05, 3.63) is 42.2 Å². The Morgan fingerprint density at radius 2 is 1.96 bits per heavy atom.